The normalized spacial score (nSPS) is 17.3. The van der Waals surface area contributed by atoms with Gasteiger partial charge in [-0.05, 0) is 55.5 Å². The Morgan fingerprint density at radius 3 is 2.85 bits per heavy atom. The Hall–Kier alpha value is -1.96. The summed E-state index contributed by atoms with van der Waals surface area (Å²) in [7, 11) is -3.66. The second-order valence-electron chi connectivity index (χ2n) is 6.51. The molecular weight excluding hydrogens is 368 g/mol. The monoisotopic (exact) mass is 388 g/mol. The molecule has 2 aromatic carbocycles. The van der Waals surface area contributed by atoms with Crippen LogP contribution in [0.5, 0.6) is 0 Å². The molecule has 5 nitrogen and oxygen atoms in total. The van der Waals surface area contributed by atoms with E-state index < -0.39 is 10.0 Å². The Labute approximate surface area is 156 Å². The fourth-order valence-corrected chi connectivity index (χ4v) is 5.99. The van der Waals surface area contributed by atoms with E-state index in [1.807, 2.05) is 25.1 Å². The number of fused-ring (bicyclic) bond motifs is 2. The largest absolute Gasteiger partial charge is 0.308 e. The smallest absolute Gasteiger partial charge is 0.299 e. The van der Waals surface area contributed by atoms with E-state index in [1.165, 1.54) is 5.56 Å². The van der Waals surface area contributed by atoms with Crippen LogP contribution in [0, 0.1) is 0 Å². The number of benzene rings is 2. The van der Waals surface area contributed by atoms with Crippen LogP contribution in [0.3, 0.4) is 0 Å². The predicted molar refractivity (Wildman–Crippen MR) is 104 cm³/mol. The maximum Gasteiger partial charge on any atom is 0.308 e. The molecule has 3 aromatic rings. The minimum absolute atomic E-state index is 0.0637. The molecule has 0 aliphatic heterocycles. The predicted octanol–water partition coefficient (Wildman–Crippen LogP) is 3.44. The number of aryl methyl sites for hydroxylation is 2. The van der Waals surface area contributed by atoms with Gasteiger partial charge in [-0.2, -0.15) is 0 Å². The summed E-state index contributed by atoms with van der Waals surface area (Å²) in [6.45, 7) is 2.47. The summed E-state index contributed by atoms with van der Waals surface area (Å²) in [6, 6.07) is 12.7. The number of hydrogen-bond donors (Lipinski definition) is 1. The average Bonchev–Trinajstić information content (AvgIpc) is 2.96. The average molecular weight is 389 g/mol. The van der Waals surface area contributed by atoms with Gasteiger partial charge in [0.05, 0.1) is 15.1 Å². The molecule has 0 fully saturated rings. The highest BCUT2D eigenvalue weighted by Gasteiger charge is 2.26. The quantitative estimate of drug-likeness (QED) is 0.744. The lowest BCUT2D eigenvalue weighted by Gasteiger charge is -2.26. The van der Waals surface area contributed by atoms with Crippen molar-refractivity contribution >= 4 is 31.6 Å². The second-order valence-corrected chi connectivity index (χ2v) is 9.21. The van der Waals surface area contributed by atoms with Gasteiger partial charge in [0.25, 0.3) is 0 Å². The van der Waals surface area contributed by atoms with E-state index in [1.54, 1.807) is 22.8 Å². The molecule has 4 rings (SSSR count). The van der Waals surface area contributed by atoms with Gasteiger partial charge in [-0.15, -0.1) is 0 Å². The van der Waals surface area contributed by atoms with Crippen molar-refractivity contribution in [2.75, 3.05) is 0 Å². The standard InChI is InChI=1S/C19H20N2O3S2/c1-2-21-17-11-10-14(12-18(17)25-19(21)22)26(23,24)20-16-9-5-7-13-6-3-4-8-15(13)16/h3-4,6,8,10-12,16,20H,2,5,7,9H2,1H3/t16-/m0/s1. The van der Waals surface area contributed by atoms with E-state index in [-0.39, 0.29) is 15.8 Å². The van der Waals surface area contributed by atoms with Crippen LogP contribution in [0.1, 0.15) is 36.9 Å². The first kappa shape index (κ1) is 17.5. The van der Waals surface area contributed by atoms with Crippen LogP contribution in [0.4, 0.5) is 0 Å². The number of rotatable bonds is 4. The minimum atomic E-state index is -3.66. The van der Waals surface area contributed by atoms with Crippen LogP contribution < -0.4 is 9.60 Å². The maximum absolute atomic E-state index is 12.9. The van der Waals surface area contributed by atoms with E-state index in [9.17, 15) is 13.2 Å². The van der Waals surface area contributed by atoms with Crippen molar-refractivity contribution in [2.45, 2.75) is 43.7 Å². The van der Waals surface area contributed by atoms with E-state index in [2.05, 4.69) is 10.8 Å². The molecule has 0 unspecified atom stereocenters. The highest BCUT2D eigenvalue weighted by atomic mass is 32.2. The molecule has 136 valence electrons. The molecule has 1 aromatic heterocycles. The first-order chi connectivity index (χ1) is 12.5. The Morgan fingerprint density at radius 2 is 2.04 bits per heavy atom. The molecule has 1 aliphatic carbocycles. The molecule has 0 spiro atoms. The van der Waals surface area contributed by atoms with Crippen LogP contribution in [0.25, 0.3) is 10.2 Å². The van der Waals surface area contributed by atoms with Gasteiger partial charge in [0.1, 0.15) is 0 Å². The van der Waals surface area contributed by atoms with Crippen molar-refractivity contribution in [1.29, 1.82) is 0 Å². The number of thiazole rings is 1. The van der Waals surface area contributed by atoms with Crippen LogP contribution in [0.15, 0.2) is 52.2 Å². The van der Waals surface area contributed by atoms with E-state index in [0.717, 1.165) is 41.7 Å². The minimum Gasteiger partial charge on any atom is -0.299 e. The molecule has 1 heterocycles. The van der Waals surface area contributed by atoms with E-state index >= 15 is 0 Å². The SMILES string of the molecule is CCn1c(=O)sc2cc(S(=O)(=O)N[C@H]3CCCc4ccccc43)ccc21. The summed E-state index contributed by atoms with van der Waals surface area (Å²) in [5, 5.41) is 0. The lowest BCUT2D eigenvalue weighted by Crippen LogP contribution is -2.31. The maximum atomic E-state index is 12.9. The molecule has 26 heavy (non-hydrogen) atoms. The van der Waals surface area contributed by atoms with Gasteiger partial charge in [-0.25, -0.2) is 13.1 Å². The van der Waals surface area contributed by atoms with Crippen LogP contribution in [-0.2, 0) is 23.0 Å². The first-order valence-electron chi connectivity index (χ1n) is 8.73. The van der Waals surface area contributed by atoms with Gasteiger partial charge >= 0.3 is 4.87 Å². The third kappa shape index (κ3) is 3.00. The fraction of sp³-hybridized carbons (Fsp3) is 0.316. The first-order valence-corrected chi connectivity index (χ1v) is 11.0. The summed E-state index contributed by atoms with van der Waals surface area (Å²) in [4.78, 5) is 12.1. The third-order valence-electron chi connectivity index (χ3n) is 4.93. The van der Waals surface area contributed by atoms with Crippen molar-refractivity contribution in [3.05, 3.63) is 63.3 Å². The van der Waals surface area contributed by atoms with Crippen LogP contribution >= 0.6 is 11.3 Å². The Balaban J connectivity index is 1.69. The molecular formula is C19H20N2O3S2. The lowest BCUT2D eigenvalue weighted by atomic mass is 9.88. The van der Waals surface area contributed by atoms with E-state index in [0.29, 0.717) is 11.2 Å². The van der Waals surface area contributed by atoms with Crippen LogP contribution in [0.2, 0.25) is 0 Å². The van der Waals surface area contributed by atoms with Gasteiger partial charge in [-0.3, -0.25) is 9.36 Å². The van der Waals surface area contributed by atoms with Gasteiger partial charge in [-0.1, -0.05) is 35.6 Å². The number of hydrogen-bond acceptors (Lipinski definition) is 4. The fourth-order valence-electron chi connectivity index (χ4n) is 3.64. The molecule has 1 N–H and O–H groups in total. The zero-order valence-corrected chi connectivity index (χ0v) is 16.1. The number of sulfonamides is 1. The highest BCUT2D eigenvalue weighted by molar-refractivity contribution is 7.89. The van der Waals surface area contributed by atoms with Gasteiger partial charge < -0.3 is 0 Å². The highest BCUT2D eigenvalue weighted by Crippen LogP contribution is 2.31. The van der Waals surface area contributed by atoms with Crippen molar-refractivity contribution in [2.24, 2.45) is 0 Å². The van der Waals surface area contributed by atoms with Crippen LogP contribution in [-0.4, -0.2) is 13.0 Å². The summed E-state index contributed by atoms with van der Waals surface area (Å²) in [5.41, 5.74) is 3.05. The molecule has 0 amide bonds. The lowest BCUT2D eigenvalue weighted by molar-refractivity contribution is 0.507. The molecule has 1 aliphatic rings. The van der Waals surface area contributed by atoms with E-state index in [4.69, 9.17) is 0 Å². The summed E-state index contributed by atoms with van der Waals surface area (Å²) >= 11 is 1.08. The molecule has 0 bridgehead atoms. The Morgan fingerprint density at radius 1 is 1.23 bits per heavy atom. The topological polar surface area (TPSA) is 68.2 Å². The summed E-state index contributed by atoms with van der Waals surface area (Å²) in [5.74, 6) is 0. The Bertz CT molecular complexity index is 1130. The molecule has 0 saturated heterocycles. The number of nitrogens with zero attached hydrogens (tertiary/aromatic N) is 1. The number of nitrogens with one attached hydrogen (secondary N) is 1. The molecule has 0 saturated carbocycles. The Kier molecular flexibility index (Phi) is 4.46. The van der Waals surface area contributed by atoms with Gasteiger partial charge in [0.15, 0.2) is 0 Å². The third-order valence-corrected chi connectivity index (χ3v) is 7.34. The van der Waals surface area contributed by atoms with Gasteiger partial charge in [0.2, 0.25) is 10.0 Å². The number of aromatic nitrogens is 1. The van der Waals surface area contributed by atoms with Crippen molar-refractivity contribution in [1.82, 2.24) is 9.29 Å². The van der Waals surface area contributed by atoms with Crippen molar-refractivity contribution in [3.63, 3.8) is 0 Å². The summed E-state index contributed by atoms with van der Waals surface area (Å²) in [6.07, 6.45) is 2.74. The van der Waals surface area contributed by atoms with Crippen molar-refractivity contribution < 1.29 is 8.42 Å². The van der Waals surface area contributed by atoms with Crippen molar-refractivity contribution in [3.8, 4) is 0 Å². The molecule has 1 atom stereocenters. The molecule has 7 heteroatoms. The zero-order valence-electron chi connectivity index (χ0n) is 14.4. The van der Waals surface area contributed by atoms with Gasteiger partial charge in [0, 0.05) is 12.6 Å². The summed E-state index contributed by atoms with van der Waals surface area (Å²) < 4.78 is 31.1. The second kappa shape index (κ2) is 6.64. The molecule has 0 radical (unpaired) electrons. The zero-order chi connectivity index (χ0) is 18.3.